The van der Waals surface area contributed by atoms with E-state index in [1.54, 1.807) is 0 Å². The van der Waals surface area contributed by atoms with Crippen LogP contribution in [0.2, 0.25) is 0 Å². The highest BCUT2D eigenvalue weighted by molar-refractivity contribution is 6.36. The Morgan fingerprint density at radius 3 is 2.28 bits per heavy atom. The van der Waals surface area contributed by atoms with Crippen LogP contribution in [0.25, 0.3) is 0 Å². The van der Waals surface area contributed by atoms with Gasteiger partial charge in [0.2, 0.25) is 0 Å². The van der Waals surface area contributed by atoms with Gasteiger partial charge >= 0.3 is 6.03 Å². The summed E-state index contributed by atoms with van der Waals surface area (Å²) in [5, 5.41) is 0. The molecule has 1 aliphatic rings. The number of nitrogens with zero attached hydrogens (tertiary/aromatic N) is 2. The van der Waals surface area contributed by atoms with Crippen LogP contribution < -0.4 is 4.90 Å². The van der Waals surface area contributed by atoms with E-state index in [-0.39, 0.29) is 23.7 Å². The van der Waals surface area contributed by atoms with E-state index in [4.69, 9.17) is 0 Å². The zero-order valence-corrected chi connectivity index (χ0v) is 10.8. The summed E-state index contributed by atoms with van der Waals surface area (Å²) in [6.45, 7) is 6.67. The van der Waals surface area contributed by atoms with Crippen molar-refractivity contribution in [3.63, 3.8) is 0 Å². The highest BCUT2D eigenvalue weighted by Gasteiger charge is 2.24. The lowest BCUT2D eigenvalue weighted by atomic mass is 9.87. The Labute approximate surface area is 106 Å². The monoisotopic (exact) mass is 244 g/mol. The molecule has 0 saturated carbocycles. The molecule has 0 aliphatic carbocycles. The average Bonchev–Trinajstić information content (AvgIpc) is 2.70. The lowest BCUT2D eigenvalue weighted by molar-refractivity contribution is -0.102. The van der Waals surface area contributed by atoms with E-state index in [1.165, 1.54) is 10.5 Å². The van der Waals surface area contributed by atoms with Crippen molar-refractivity contribution in [3.05, 3.63) is 29.8 Å². The molecule has 0 radical (unpaired) electrons. The van der Waals surface area contributed by atoms with E-state index in [9.17, 15) is 9.59 Å². The Balaban J connectivity index is 2.22. The lowest BCUT2D eigenvalue weighted by Crippen LogP contribution is -2.26. The first kappa shape index (κ1) is 12.5. The van der Waals surface area contributed by atoms with Crippen molar-refractivity contribution in [2.45, 2.75) is 26.2 Å². The average molecular weight is 244 g/mol. The minimum atomic E-state index is -0.374. The molecule has 0 atom stereocenters. The van der Waals surface area contributed by atoms with Gasteiger partial charge in [0.05, 0.1) is 6.54 Å². The lowest BCUT2D eigenvalue weighted by Gasteiger charge is -2.21. The smallest absolute Gasteiger partial charge is 0.296 e. The second kappa shape index (κ2) is 4.37. The van der Waals surface area contributed by atoms with Gasteiger partial charge in [-0.2, -0.15) is 4.99 Å². The normalized spacial score (nSPS) is 15.8. The summed E-state index contributed by atoms with van der Waals surface area (Å²) in [4.78, 5) is 27.4. The number of carbonyl (C=O) groups excluding carboxylic acids is 2. The molecule has 4 nitrogen and oxygen atoms in total. The Hall–Kier alpha value is -1.97. The third kappa shape index (κ3) is 2.32. The van der Waals surface area contributed by atoms with Crippen molar-refractivity contribution in [2.24, 2.45) is 4.99 Å². The van der Waals surface area contributed by atoms with Crippen molar-refractivity contribution >= 4 is 23.7 Å². The summed E-state index contributed by atoms with van der Waals surface area (Å²) in [6, 6.07) is 7.41. The molecule has 0 unspecified atom stereocenters. The van der Waals surface area contributed by atoms with E-state index in [1.807, 2.05) is 24.3 Å². The van der Waals surface area contributed by atoms with Crippen molar-refractivity contribution in [1.82, 2.24) is 0 Å². The maximum absolute atomic E-state index is 11.6. The maximum Gasteiger partial charge on any atom is 0.348 e. The summed E-state index contributed by atoms with van der Waals surface area (Å²) in [7, 11) is 0. The molecule has 0 N–H and O–H groups in total. The Morgan fingerprint density at radius 1 is 1.22 bits per heavy atom. The van der Waals surface area contributed by atoms with Gasteiger partial charge in [0.25, 0.3) is 0 Å². The van der Waals surface area contributed by atoms with E-state index in [0.717, 1.165) is 5.69 Å². The molecular weight excluding hydrogens is 228 g/mol. The highest BCUT2D eigenvalue weighted by Crippen LogP contribution is 2.26. The molecule has 2 rings (SSSR count). The summed E-state index contributed by atoms with van der Waals surface area (Å²) in [6.07, 6.45) is 0.626. The minimum Gasteiger partial charge on any atom is -0.296 e. The van der Waals surface area contributed by atoms with Gasteiger partial charge < -0.3 is 0 Å². The fourth-order valence-electron chi connectivity index (χ4n) is 1.85. The van der Waals surface area contributed by atoms with Gasteiger partial charge in [-0.15, -0.1) is 0 Å². The number of carbonyl (C=O) groups is 2. The number of amides is 2. The van der Waals surface area contributed by atoms with Gasteiger partial charge in [-0.25, -0.2) is 4.79 Å². The molecule has 0 saturated heterocycles. The number of rotatable bonds is 2. The molecule has 0 aromatic heterocycles. The number of anilines is 1. The predicted molar refractivity (Wildman–Crippen MR) is 71.4 cm³/mol. The minimum absolute atomic E-state index is 0.0814. The second-order valence-electron chi connectivity index (χ2n) is 5.39. The van der Waals surface area contributed by atoms with Gasteiger partial charge in [-0.1, -0.05) is 32.9 Å². The number of benzene rings is 1. The van der Waals surface area contributed by atoms with Crippen LogP contribution in [0.15, 0.2) is 29.3 Å². The molecule has 94 valence electrons. The Bertz CT molecular complexity index is 510. The molecule has 2 amide bonds. The molecule has 1 aliphatic heterocycles. The summed E-state index contributed by atoms with van der Waals surface area (Å²) >= 11 is 0. The summed E-state index contributed by atoms with van der Waals surface area (Å²) in [5.74, 6) is 0. The zero-order chi connectivity index (χ0) is 13.3. The van der Waals surface area contributed by atoms with Crippen LogP contribution in [0, 0.1) is 0 Å². The van der Waals surface area contributed by atoms with Crippen LogP contribution in [0.1, 0.15) is 26.3 Å². The molecule has 0 spiro atoms. The molecule has 4 heteroatoms. The van der Waals surface area contributed by atoms with Crippen LogP contribution in [0.3, 0.4) is 0 Å². The molecule has 18 heavy (non-hydrogen) atoms. The number of aldehydes is 1. The van der Waals surface area contributed by atoms with Crippen LogP contribution in [-0.4, -0.2) is 24.6 Å². The van der Waals surface area contributed by atoms with E-state index in [0.29, 0.717) is 6.29 Å². The van der Waals surface area contributed by atoms with Crippen LogP contribution in [0.4, 0.5) is 10.5 Å². The number of hydrogen-bond acceptors (Lipinski definition) is 2. The van der Waals surface area contributed by atoms with Crippen molar-refractivity contribution in [2.75, 3.05) is 11.4 Å². The molecule has 1 aromatic rings. The number of urea groups is 1. The van der Waals surface area contributed by atoms with Gasteiger partial charge in [0.1, 0.15) is 5.71 Å². The first-order valence-corrected chi connectivity index (χ1v) is 5.86. The molecule has 0 bridgehead atoms. The first-order chi connectivity index (χ1) is 8.41. The Morgan fingerprint density at radius 2 is 1.83 bits per heavy atom. The topological polar surface area (TPSA) is 49.7 Å². The first-order valence-electron chi connectivity index (χ1n) is 5.86. The standard InChI is InChI=1S/C14H16N2O2/c1-14(2,3)10-4-6-12(7-5-10)16-8-11(9-17)15-13(16)18/h4-7,9H,8H2,1-3H3. The molecule has 0 fully saturated rings. The summed E-state index contributed by atoms with van der Waals surface area (Å²) in [5.41, 5.74) is 2.33. The summed E-state index contributed by atoms with van der Waals surface area (Å²) < 4.78 is 0. The highest BCUT2D eigenvalue weighted by atomic mass is 16.2. The van der Waals surface area contributed by atoms with Gasteiger partial charge in [-0.05, 0) is 23.1 Å². The van der Waals surface area contributed by atoms with Crippen molar-refractivity contribution in [1.29, 1.82) is 0 Å². The van der Waals surface area contributed by atoms with Crippen LogP contribution >= 0.6 is 0 Å². The van der Waals surface area contributed by atoms with Gasteiger partial charge in [0, 0.05) is 5.69 Å². The zero-order valence-electron chi connectivity index (χ0n) is 10.8. The maximum atomic E-state index is 11.6. The third-order valence-electron chi connectivity index (χ3n) is 2.97. The van der Waals surface area contributed by atoms with Crippen LogP contribution in [0.5, 0.6) is 0 Å². The second-order valence-corrected chi connectivity index (χ2v) is 5.39. The fraction of sp³-hybridized carbons (Fsp3) is 0.357. The van der Waals surface area contributed by atoms with Gasteiger partial charge in [-0.3, -0.25) is 9.69 Å². The Kier molecular flexibility index (Phi) is 3.03. The van der Waals surface area contributed by atoms with Gasteiger partial charge in [0.15, 0.2) is 6.29 Å². The van der Waals surface area contributed by atoms with E-state index >= 15 is 0 Å². The SMILES string of the molecule is CC(C)(C)c1ccc(N2CC(C=O)=NC2=O)cc1. The quantitative estimate of drug-likeness (QED) is 0.751. The number of aliphatic imine (C=N–C) groups is 1. The molecule has 1 aromatic carbocycles. The predicted octanol–water partition coefficient (Wildman–Crippen LogP) is 2.56. The molecule has 1 heterocycles. The number of hydrogen-bond donors (Lipinski definition) is 0. The fourth-order valence-corrected chi connectivity index (χ4v) is 1.85. The largest absolute Gasteiger partial charge is 0.348 e. The van der Waals surface area contributed by atoms with Crippen molar-refractivity contribution < 1.29 is 9.59 Å². The van der Waals surface area contributed by atoms with Crippen molar-refractivity contribution in [3.8, 4) is 0 Å². The van der Waals surface area contributed by atoms with Crippen LogP contribution in [-0.2, 0) is 10.2 Å². The van der Waals surface area contributed by atoms with E-state index in [2.05, 4.69) is 25.8 Å². The molecular formula is C14H16N2O2. The third-order valence-corrected chi connectivity index (χ3v) is 2.97. The van der Waals surface area contributed by atoms with E-state index < -0.39 is 0 Å².